The minimum absolute atomic E-state index is 1.08. The summed E-state index contributed by atoms with van der Waals surface area (Å²) in [6, 6.07) is 22.2. The van der Waals surface area contributed by atoms with Crippen LogP contribution >= 0.6 is 0 Å². The maximum absolute atomic E-state index is 2.45. The maximum Gasteiger partial charge on any atom is -0.00105 e. The molecule has 0 bridgehead atoms. The van der Waals surface area contributed by atoms with Gasteiger partial charge in [0.2, 0.25) is 0 Å². The Morgan fingerprint density at radius 3 is 2.26 bits per heavy atom. The number of rotatable bonds is 3. The van der Waals surface area contributed by atoms with Crippen LogP contribution in [-0.4, -0.2) is 0 Å². The first-order valence-electron chi connectivity index (χ1n) is 8.64. The molecular weight excluding hydrogens is 276 g/mol. The topological polar surface area (TPSA) is 0 Å². The molecule has 0 saturated carbocycles. The van der Waals surface area contributed by atoms with E-state index >= 15 is 0 Å². The highest BCUT2D eigenvalue weighted by Crippen LogP contribution is 2.43. The second-order valence-electron chi connectivity index (χ2n) is 6.32. The molecule has 1 aliphatic carbocycles. The molecule has 114 valence electrons. The summed E-state index contributed by atoms with van der Waals surface area (Å²) in [4.78, 5) is 0. The zero-order valence-electron chi connectivity index (χ0n) is 13.9. The van der Waals surface area contributed by atoms with Gasteiger partial charge in [-0.05, 0) is 63.8 Å². The number of benzene rings is 3. The fourth-order valence-corrected chi connectivity index (χ4v) is 4.04. The lowest BCUT2D eigenvalue weighted by atomic mass is 9.86. The quantitative estimate of drug-likeness (QED) is 0.432. The van der Waals surface area contributed by atoms with Gasteiger partial charge >= 0.3 is 0 Å². The van der Waals surface area contributed by atoms with E-state index in [0.717, 1.165) is 19.3 Å². The molecule has 4 rings (SSSR count). The second kappa shape index (κ2) is 5.70. The van der Waals surface area contributed by atoms with Crippen molar-refractivity contribution in [2.45, 2.75) is 33.1 Å². The van der Waals surface area contributed by atoms with E-state index in [1.165, 1.54) is 33.4 Å². The van der Waals surface area contributed by atoms with E-state index in [-0.39, 0.29) is 0 Å². The van der Waals surface area contributed by atoms with Crippen molar-refractivity contribution in [3.05, 3.63) is 82.9 Å². The number of hydrogen-bond donors (Lipinski definition) is 0. The van der Waals surface area contributed by atoms with Crippen LogP contribution in [0.2, 0.25) is 0 Å². The summed E-state index contributed by atoms with van der Waals surface area (Å²) >= 11 is 0. The predicted octanol–water partition coefficient (Wildman–Crippen LogP) is 6.05. The monoisotopic (exact) mass is 298 g/mol. The molecule has 0 heteroatoms. The van der Waals surface area contributed by atoms with Gasteiger partial charge in [-0.15, -0.1) is 0 Å². The summed E-state index contributed by atoms with van der Waals surface area (Å²) in [5, 5.41) is 0. The van der Waals surface area contributed by atoms with Gasteiger partial charge in [0.1, 0.15) is 0 Å². The molecule has 0 aliphatic heterocycles. The van der Waals surface area contributed by atoms with Crippen LogP contribution in [0.1, 0.15) is 36.1 Å². The Kier molecular flexibility index (Phi) is 3.53. The normalized spacial score (nSPS) is 12.1. The number of fused-ring (bicyclic) bond motifs is 3. The van der Waals surface area contributed by atoms with E-state index in [2.05, 4.69) is 74.5 Å². The van der Waals surface area contributed by atoms with Gasteiger partial charge in [-0.3, -0.25) is 0 Å². The van der Waals surface area contributed by atoms with Gasteiger partial charge in [-0.2, -0.15) is 0 Å². The predicted molar refractivity (Wildman–Crippen MR) is 98.9 cm³/mol. The van der Waals surface area contributed by atoms with Crippen LogP contribution in [0.5, 0.6) is 0 Å². The molecule has 3 aromatic carbocycles. The van der Waals surface area contributed by atoms with Crippen molar-refractivity contribution in [1.29, 1.82) is 0 Å². The Morgan fingerprint density at radius 2 is 1.52 bits per heavy atom. The van der Waals surface area contributed by atoms with Crippen molar-refractivity contribution in [2.24, 2.45) is 0 Å². The highest BCUT2D eigenvalue weighted by atomic mass is 14.3. The smallest absolute Gasteiger partial charge is 0.00105 e. The fourth-order valence-electron chi connectivity index (χ4n) is 4.04. The lowest BCUT2D eigenvalue weighted by Gasteiger charge is -2.18. The summed E-state index contributed by atoms with van der Waals surface area (Å²) in [5.74, 6) is 0. The molecule has 0 saturated heterocycles. The number of aryl methyl sites for hydroxylation is 1. The van der Waals surface area contributed by atoms with Crippen LogP contribution in [0.4, 0.5) is 0 Å². The Balaban J connectivity index is 2.02. The van der Waals surface area contributed by atoms with Gasteiger partial charge in [-0.1, -0.05) is 74.5 Å². The first-order valence-corrected chi connectivity index (χ1v) is 8.64. The Bertz CT molecular complexity index is 857. The summed E-state index contributed by atoms with van der Waals surface area (Å²) in [6.07, 6.45) is 3.25. The van der Waals surface area contributed by atoms with Crippen LogP contribution in [0.15, 0.2) is 60.7 Å². The highest BCUT2D eigenvalue weighted by Gasteiger charge is 2.24. The lowest BCUT2D eigenvalue weighted by molar-refractivity contribution is 1.06. The van der Waals surface area contributed by atoms with Crippen LogP contribution in [0.25, 0.3) is 22.3 Å². The summed E-state index contributed by atoms with van der Waals surface area (Å²) < 4.78 is 0. The minimum Gasteiger partial charge on any atom is -0.0622 e. The van der Waals surface area contributed by atoms with Crippen molar-refractivity contribution >= 4 is 0 Å². The first kappa shape index (κ1) is 14.3. The van der Waals surface area contributed by atoms with Crippen LogP contribution in [-0.2, 0) is 19.3 Å². The molecule has 0 atom stereocenters. The molecule has 1 aliphatic rings. The molecule has 0 fully saturated rings. The first-order chi connectivity index (χ1) is 11.3. The van der Waals surface area contributed by atoms with Crippen LogP contribution in [0, 0.1) is 0 Å². The standard InChI is InChI=1S/C23H22/c1-3-16-14-22-20-13-9-8-12-18(20)15-21(22)19(4-2)23(16)17-10-6-5-7-11-17/h5-14H,3-4,15H2,1-2H3. The average molecular weight is 298 g/mol. The van der Waals surface area contributed by atoms with Gasteiger partial charge in [0.15, 0.2) is 0 Å². The van der Waals surface area contributed by atoms with Crippen molar-refractivity contribution in [3.63, 3.8) is 0 Å². The molecule has 3 aromatic rings. The molecule has 0 heterocycles. The van der Waals surface area contributed by atoms with Gasteiger partial charge in [-0.25, -0.2) is 0 Å². The third kappa shape index (κ3) is 2.21. The van der Waals surface area contributed by atoms with Crippen LogP contribution in [0.3, 0.4) is 0 Å². The van der Waals surface area contributed by atoms with E-state index in [0.29, 0.717) is 0 Å². The second-order valence-corrected chi connectivity index (χ2v) is 6.32. The van der Waals surface area contributed by atoms with Crippen molar-refractivity contribution < 1.29 is 0 Å². The van der Waals surface area contributed by atoms with E-state index in [9.17, 15) is 0 Å². The van der Waals surface area contributed by atoms with E-state index in [4.69, 9.17) is 0 Å². The van der Waals surface area contributed by atoms with Gasteiger partial charge in [0, 0.05) is 0 Å². The Hall–Kier alpha value is -2.34. The van der Waals surface area contributed by atoms with Crippen molar-refractivity contribution in [1.82, 2.24) is 0 Å². The summed E-state index contributed by atoms with van der Waals surface area (Å²) in [6.45, 7) is 4.57. The zero-order valence-corrected chi connectivity index (χ0v) is 13.9. The molecule has 23 heavy (non-hydrogen) atoms. The number of hydrogen-bond acceptors (Lipinski definition) is 0. The zero-order chi connectivity index (χ0) is 15.8. The summed E-state index contributed by atoms with van der Waals surface area (Å²) in [7, 11) is 0. The third-order valence-corrected chi connectivity index (χ3v) is 5.10. The van der Waals surface area contributed by atoms with Crippen molar-refractivity contribution in [3.8, 4) is 22.3 Å². The Labute approximate surface area is 138 Å². The largest absolute Gasteiger partial charge is 0.0622 e. The van der Waals surface area contributed by atoms with E-state index in [1.54, 1.807) is 11.1 Å². The van der Waals surface area contributed by atoms with Crippen LogP contribution < -0.4 is 0 Å². The minimum atomic E-state index is 1.08. The average Bonchev–Trinajstić information content (AvgIpc) is 2.99. The lowest BCUT2D eigenvalue weighted by Crippen LogP contribution is -2.00. The Morgan fingerprint density at radius 1 is 0.783 bits per heavy atom. The maximum atomic E-state index is 2.45. The molecule has 0 aromatic heterocycles. The van der Waals surface area contributed by atoms with E-state index < -0.39 is 0 Å². The molecule has 0 nitrogen and oxygen atoms in total. The van der Waals surface area contributed by atoms with E-state index in [1.807, 2.05) is 0 Å². The molecule has 0 amide bonds. The fraction of sp³-hybridized carbons (Fsp3) is 0.217. The molecular formula is C23H22. The van der Waals surface area contributed by atoms with Gasteiger partial charge in [0.25, 0.3) is 0 Å². The molecule has 0 spiro atoms. The molecule has 0 unspecified atom stereocenters. The van der Waals surface area contributed by atoms with Gasteiger partial charge in [0.05, 0.1) is 0 Å². The SMILES string of the molecule is CCc1cc2c(c(CC)c1-c1ccccc1)Cc1ccccc1-2. The van der Waals surface area contributed by atoms with Crippen molar-refractivity contribution in [2.75, 3.05) is 0 Å². The highest BCUT2D eigenvalue weighted by molar-refractivity contribution is 5.85. The van der Waals surface area contributed by atoms with Gasteiger partial charge < -0.3 is 0 Å². The summed E-state index contributed by atoms with van der Waals surface area (Å²) in [5.41, 5.74) is 11.8. The third-order valence-electron chi connectivity index (χ3n) is 5.10. The molecule has 0 N–H and O–H groups in total. The molecule has 0 radical (unpaired) electrons.